The number of nitrogens with zero attached hydrogens (tertiary/aromatic N) is 1. The van der Waals surface area contributed by atoms with E-state index in [1.165, 1.54) is 0 Å². The van der Waals surface area contributed by atoms with Gasteiger partial charge in [-0.15, -0.1) is 0 Å². The Morgan fingerprint density at radius 1 is 1.37 bits per heavy atom. The van der Waals surface area contributed by atoms with Crippen LogP contribution < -0.4 is 5.32 Å². The van der Waals surface area contributed by atoms with E-state index in [0.717, 1.165) is 16.5 Å². The van der Waals surface area contributed by atoms with Gasteiger partial charge < -0.3 is 10.3 Å². The Morgan fingerprint density at radius 2 is 2.16 bits per heavy atom. The van der Waals surface area contributed by atoms with Crippen molar-refractivity contribution in [3.8, 4) is 0 Å². The van der Waals surface area contributed by atoms with Crippen LogP contribution in [0.5, 0.6) is 0 Å². The zero-order chi connectivity index (χ0) is 13.4. The highest BCUT2D eigenvalue weighted by Crippen LogP contribution is 2.21. The Bertz CT molecular complexity index is 702. The highest BCUT2D eigenvalue weighted by molar-refractivity contribution is 7.80. The molecule has 1 aromatic carbocycles. The van der Waals surface area contributed by atoms with Crippen molar-refractivity contribution in [3.63, 3.8) is 0 Å². The van der Waals surface area contributed by atoms with Gasteiger partial charge >= 0.3 is 0 Å². The summed E-state index contributed by atoms with van der Waals surface area (Å²) in [4.78, 5) is 16.8. The summed E-state index contributed by atoms with van der Waals surface area (Å²) < 4.78 is 0. The number of rotatable bonds is 2. The predicted molar refractivity (Wildman–Crippen MR) is 79.4 cm³/mol. The molecule has 0 bridgehead atoms. The molecule has 1 saturated heterocycles. The van der Waals surface area contributed by atoms with Crippen molar-refractivity contribution in [2.24, 2.45) is 0 Å². The van der Waals surface area contributed by atoms with Crippen LogP contribution in [0.2, 0.25) is 0 Å². The first-order chi connectivity index (χ1) is 9.20. The smallest absolute Gasteiger partial charge is 0.276 e. The molecule has 4 nitrogen and oxygen atoms in total. The van der Waals surface area contributed by atoms with E-state index in [-0.39, 0.29) is 5.91 Å². The van der Waals surface area contributed by atoms with E-state index in [2.05, 4.69) is 10.3 Å². The summed E-state index contributed by atoms with van der Waals surface area (Å²) >= 11 is 5.13. The van der Waals surface area contributed by atoms with E-state index in [9.17, 15) is 4.79 Å². The second-order valence-electron chi connectivity index (χ2n) is 4.33. The number of hydrogen-bond donors (Lipinski definition) is 2. The van der Waals surface area contributed by atoms with Crippen molar-refractivity contribution in [3.05, 3.63) is 41.7 Å². The van der Waals surface area contributed by atoms with Gasteiger partial charge in [0.1, 0.15) is 5.70 Å². The fourth-order valence-electron chi connectivity index (χ4n) is 2.23. The van der Waals surface area contributed by atoms with Crippen LogP contribution in [0.15, 0.2) is 36.2 Å². The molecule has 0 radical (unpaired) electrons. The minimum absolute atomic E-state index is 0.0715. The van der Waals surface area contributed by atoms with Crippen molar-refractivity contribution < 1.29 is 4.79 Å². The molecule has 96 valence electrons. The molecule has 0 aliphatic carbocycles. The Kier molecular flexibility index (Phi) is 2.83. The summed E-state index contributed by atoms with van der Waals surface area (Å²) in [5, 5.41) is 4.52. The van der Waals surface area contributed by atoms with Crippen LogP contribution in [0, 0.1) is 0 Å². The van der Waals surface area contributed by atoms with Crippen LogP contribution in [0.3, 0.4) is 0 Å². The van der Waals surface area contributed by atoms with Crippen LogP contribution >= 0.6 is 12.2 Å². The molecular formula is C14H13N3OS. The second kappa shape index (κ2) is 4.51. The maximum atomic E-state index is 12.1. The van der Waals surface area contributed by atoms with Gasteiger partial charge in [0.25, 0.3) is 5.91 Å². The molecule has 5 heteroatoms. The largest absolute Gasteiger partial charge is 0.361 e. The quantitative estimate of drug-likeness (QED) is 0.650. The molecule has 0 spiro atoms. The third-order valence-corrected chi connectivity index (χ3v) is 3.52. The van der Waals surface area contributed by atoms with Gasteiger partial charge in [-0.25, -0.2) is 0 Å². The number of aromatic amines is 1. The molecule has 2 N–H and O–H groups in total. The summed E-state index contributed by atoms with van der Waals surface area (Å²) in [7, 11) is 0. The Labute approximate surface area is 116 Å². The summed E-state index contributed by atoms with van der Waals surface area (Å²) in [6.07, 6.45) is 3.73. The van der Waals surface area contributed by atoms with Crippen molar-refractivity contribution in [2.45, 2.75) is 6.92 Å². The van der Waals surface area contributed by atoms with E-state index in [1.807, 2.05) is 43.5 Å². The molecule has 0 atom stereocenters. The first-order valence-corrected chi connectivity index (χ1v) is 6.52. The van der Waals surface area contributed by atoms with Crippen molar-refractivity contribution in [1.82, 2.24) is 15.2 Å². The van der Waals surface area contributed by atoms with Crippen molar-refractivity contribution in [2.75, 3.05) is 6.54 Å². The van der Waals surface area contributed by atoms with Crippen molar-refractivity contribution >= 4 is 40.2 Å². The van der Waals surface area contributed by atoms with Gasteiger partial charge in [-0.05, 0) is 31.3 Å². The lowest BCUT2D eigenvalue weighted by Gasteiger charge is -2.08. The van der Waals surface area contributed by atoms with E-state index in [1.54, 1.807) is 4.90 Å². The first-order valence-electron chi connectivity index (χ1n) is 6.11. The number of nitrogens with one attached hydrogen (secondary N) is 2. The van der Waals surface area contributed by atoms with Gasteiger partial charge in [-0.2, -0.15) is 0 Å². The molecule has 1 aliphatic rings. The van der Waals surface area contributed by atoms with Crippen molar-refractivity contribution in [1.29, 1.82) is 0 Å². The van der Waals surface area contributed by atoms with E-state index < -0.39 is 0 Å². The number of thiocarbonyl (C=S) groups is 1. The molecule has 2 heterocycles. The Hall–Kier alpha value is -2.14. The van der Waals surface area contributed by atoms with Crippen LogP contribution in [0.25, 0.3) is 17.0 Å². The van der Waals surface area contributed by atoms with Gasteiger partial charge in [-0.1, -0.05) is 18.2 Å². The lowest BCUT2D eigenvalue weighted by Crippen LogP contribution is -2.30. The number of fused-ring (bicyclic) bond motifs is 1. The fourth-order valence-corrected chi connectivity index (χ4v) is 2.55. The van der Waals surface area contributed by atoms with Crippen LogP contribution in [-0.4, -0.2) is 27.4 Å². The van der Waals surface area contributed by atoms with Gasteiger partial charge in [0, 0.05) is 29.2 Å². The van der Waals surface area contributed by atoms with Crippen LogP contribution in [-0.2, 0) is 4.79 Å². The molecular weight excluding hydrogens is 258 g/mol. The third-order valence-electron chi connectivity index (χ3n) is 3.20. The van der Waals surface area contributed by atoms with Crippen LogP contribution in [0.4, 0.5) is 0 Å². The van der Waals surface area contributed by atoms with Crippen LogP contribution in [0.1, 0.15) is 12.5 Å². The summed E-state index contributed by atoms with van der Waals surface area (Å²) in [6, 6.07) is 7.98. The molecule has 2 aromatic rings. The Morgan fingerprint density at radius 3 is 2.89 bits per heavy atom. The van der Waals surface area contributed by atoms with E-state index >= 15 is 0 Å². The maximum absolute atomic E-state index is 12.1. The zero-order valence-corrected chi connectivity index (χ0v) is 11.3. The monoisotopic (exact) mass is 271 g/mol. The normalized spacial score (nSPS) is 17.5. The molecule has 1 aromatic heterocycles. The summed E-state index contributed by atoms with van der Waals surface area (Å²) in [5.74, 6) is -0.0715. The number of carbonyl (C=O) groups is 1. The first kappa shape index (κ1) is 11.9. The number of benzene rings is 1. The molecule has 1 amide bonds. The average molecular weight is 271 g/mol. The highest BCUT2D eigenvalue weighted by Gasteiger charge is 2.29. The van der Waals surface area contributed by atoms with Gasteiger partial charge in [-0.3, -0.25) is 9.69 Å². The molecule has 3 rings (SSSR count). The number of aromatic nitrogens is 1. The zero-order valence-electron chi connectivity index (χ0n) is 10.4. The lowest BCUT2D eigenvalue weighted by molar-refractivity contribution is -0.122. The maximum Gasteiger partial charge on any atom is 0.276 e. The summed E-state index contributed by atoms with van der Waals surface area (Å²) in [5.41, 5.74) is 2.55. The molecule has 0 unspecified atom stereocenters. The predicted octanol–water partition coefficient (Wildman–Crippen LogP) is 2.25. The Balaban J connectivity index is 2.03. The number of H-pyrrole nitrogens is 1. The second-order valence-corrected chi connectivity index (χ2v) is 4.71. The minimum Gasteiger partial charge on any atom is -0.361 e. The summed E-state index contributed by atoms with van der Waals surface area (Å²) in [6.45, 7) is 2.48. The number of para-hydroxylation sites is 1. The number of amides is 1. The number of likely N-dealkylation sites (N-methyl/N-ethyl adjacent to an activating group) is 1. The molecule has 19 heavy (non-hydrogen) atoms. The molecule has 0 saturated carbocycles. The highest BCUT2D eigenvalue weighted by atomic mass is 32.1. The number of hydrogen-bond acceptors (Lipinski definition) is 2. The average Bonchev–Trinajstić information content (AvgIpc) is 2.93. The molecule has 1 aliphatic heterocycles. The van der Waals surface area contributed by atoms with E-state index in [0.29, 0.717) is 17.4 Å². The third kappa shape index (κ3) is 1.92. The lowest BCUT2D eigenvalue weighted by atomic mass is 10.1. The van der Waals surface area contributed by atoms with Gasteiger partial charge in [0.15, 0.2) is 5.11 Å². The molecule has 1 fully saturated rings. The van der Waals surface area contributed by atoms with Gasteiger partial charge in [0.05, 0.1) is 0 Å². The number of carbonyl (C=O) groups excluding carboxylic acids is 1. The van der Waals surface area contributed by atoms with Gasteiger partial charge in [0.2, 0.25) is 0 Å². The van der Waals surface area contributed by atoms with E-state index in [4.69, 9.17) is 12.2 Å². The minimum atomic E-state index is -0.0715. The SMILES string of the molecule is CCN1C(=O)C(=Cc2c[nH]c3ccccc23)NC1=S. The topological polar surface area (TPSA) is 48.1 Å². The standard InChI is InChI=1S/C14H13N3OS/c1-2-17-13(18)12(16-14(17)19)7-9-8-15-11-6-4-3-5-10(9)11/h3-8,15H,2H2,1H3,(H,16,19). The fraction of sp³-hybridized carbons (Fsp3) is 0.143.